The Balaban J connectivity index is 1.60. The van der Waals surface area contributed by atoms with E-state index in [9.17, 15) is 8.42 Å². The van der Waals surface area contributed by atoms with Crippen LogP contribution in [0.1, 0.15) is 36.8 Å². The van der Waals surface area contributed by atoms with E-state index in [0.29, 0.717) is 5.75 Å². The molecule has 0 saturated heterocycles. The molecule has 0 bridgehead atoms. The average molecular weight is 358 g/mol. The standard InChI is InChI=1S/C17H27NO3S2/c1-18-10-9-15-13-17(8-7-16(15)14-18)21-11-5-3-4-6-12-22-23(2,19)20/h7-8,13H,3-6,9-12,14H2,1-2H3. The van der Waals surface area contributed by atoms with E-state index in [1.807, 2.05) is 0 Å². The summed E-state index contributed by atoms with van der Waals surface area (Å²) in [6.45, 7) is 2.88. The van der Waals surface area contributed by atoms with Gasteiger partial charge in [-0.25, -0.2) is 8.42 Å². The van der Waals surface area contributed by atoms with Crippen molar-refractivity contribution in [2.45, 2.75) is 38.6 Å². The summed E-state index contributed by atoms with van der Waals surface area (Å²) in [5, 5.41) is 0. The zero-order valence-electron chi connectivity index (χ0n) is 14.1. The van der Waals surface area contributed by atoms with Crippen molar-refractivity contribution in [1.29, 1.82) is 0 Å². The van der Waals surface area contributed by atoms with Gasteiger partial charge >= 0.3 is 0 Å². The van der Waals surface area contributed by atoms with E-state index < -0.39 is 8.87 Å². The molecule has 1 aliphatic heterocycles. The van der Waals surface area contributed by atoms with E-state index >= 15 is 0 Å². The first-order valence-electron chi connectivity index (χ1n) is 8.21. The minimum absolute atomic E-state index is 0.693. The first-order valence-corrected chi connectivity index (χ1v) is 11.6. The Morgan fingerprint density at radius 1 is 1.17 bits per heavy atom. The smallest absolute Gasteiger partial charge is 0.198 e. The van der Waals surface area contributed by atoms with Crippen molar-refractivity contribution < 1.29 is 13.2 Å². The summed E-state index contributed by atoms with van der Waals surface area (Å²) in [6.07, 6.45) is 6.47. The Morgan fingerprint density at radius 2 is 1.96 bits per heavy atom. The number of likely N-dealkylation sites (N-methyl/N-ethyl adjacent to an activating group) is 1. The SMILES string of the molecule is CN1CCc2cc(OCCCCCCSS(C)(=O)=O)ccc2C1. The minimum atomic E-state index is -2.88. The minimum Gasteiger partial charge on any atom is -0.494 e. The predicted molar refractivity (Wildman–Crippen MR) is 97.7 cm³/mol. The highest BCUT2D eigenvalue weighted by Gasteiger charge is 2.13. The van der Waals surface area contributed by atoms with Crippen LogP contribution in [0, 0.1) is 0 Å². The zero-order valence-corrected chi connectivity index (χ0v) is 15.7. The lowest BCUT2D eigenvalue weighted by molar-refractivity contribution is 0.298. The van der Waals surface area contributed by atoms with Gasteiger partial charge < -0.3 is 9.64 Å². The van der Waals surface area contributed by atoms with Crippen LogP contribution in [0.4, 0.5) is 0 Å². The Labute approximate surface area is 143 Å². The maximum absolute atomic E-state index is 11.0. The molecule has 2 rings (SSSR count). The van der Waals surface area contributed by atoms with E-state index in [2.05, 4.69) is 30.1 Å². The topological polar surface area (TPSA) is 46.6 Å². The highest BCUT2D eigenvalue weighted by molar-refractivity contribution is 8.71. The molecule has 0 atom stereocenters. The summed E-state index contributed by atoms with van der Waals surface area (Å²) in [7, 11) is 0.320. The number of hydrogen-bond acceptors (Lipinski definition) is 5. The van der Waals surface area contributed by atoms with Crippen molar-refractivity contribution in [2.24, 2.45) is 0 Å². The van der Waals surface area contributed by atoms with Gasteiger partial charge in [-0.3, -0.25) is 0 Å². The normalized spacial score (nSPS) is 15.4. The summed E-state index contributed by atoms with van der Waals surface area (Å²) in [5.74, 6) is 1.67. The summed E-state index contributed by atoms with van der Waals surface area (Å²) in [5.41, 5.74) is 2.83. The molecule has 0 amide bonds. The lowest BCUT2D eigenvalue weighted by atomic mass is 10.00. The van der Waals surface area contributed by atoms with E-state index in [-0.39, 0.29) is 0 Å². The maximum Gasteiger partial charge on any atom is 0.198 e. The molecule has 0 unspecified atom stereocenters. The molecule has 23 heavy (non-hydrogen) atoms. The second-order valence-electron chi connectivity index (χ2n) is 6.21. The van der Waals surface area contributed by atoms with Crippen LogP contribution < -0.4 is 4.74 Å². The molecule has 0 saturated carbocycles. The molecule has 1 aliphatic rings. The Kier molecular flexibility index (Phi) is 7.24. The third-order valence-electron chi connectivity index (χ3n) is 3.99. The number of unbranched alkanes of at least 4 members (excludes halogenated alkanes) is 3. The largest absolute Gasteiger partial charge is 0.494 e. The lowest BCUT2D eigenvalue weighted by Gasteiger charge is -2.25. The van der Waals surface area contributed by atoms with Crippen LogP contribution in [0.25, 0.3) is 0 Å². The molecule has 0 aromatic heterocycles. The summed E-state index contributed by atoms with van der Waals surface area (Å²) in [6, 6.07) is 6.44. The van der Waals surface area contributed by atoms with E-state index in [1.165, 1.54) is 17.4 Å². The monoisotopic (exact) mass is 357 g/mol. The number of fused-ring (bicyclic) bond motifs is 1. The summed E-state index contributed by atoms with van der Waals surface area (Å²) in [4.78, 5) is 2.34. The Bertz CT molecular complexity index is 602. The fourth-order valence-electron chi connectivity index (χ4n) is 2.72. The summed E-state index contributed by atoms with van der Waals surface area (Å²) < 4.78 is 27.8. The zero-order chi connectivity index (χ0) is 16.7. The predicted octanol–water partition coefficient (Wildman–Crippen LogP) is 3.31. The molecule has 1 aromatic rings. The molecule has 0 fully saturated rings. The Morgan fingerprint density at radius 3 is 2.74 bits per heavy atom. The van der Waals surface area contributed by atoms with Crippen molar-refractivity contribution in [3.8, 4) is 5.75 Å². The van der Waals surface area contributed by atoms with Crippen LogP contribution in [0.2, 0.25) is 0 Å². The van der Waals surface area contributed by atoms with Crippen molar-refractivity contribution in [3.63, 3.8) is 0 Å². The number of rotatable bonds is 9. The average Bonchev–Trinajstić information content (AvgIpc) is 2.49. The molecule has 0 spiro atoms. The second-order valence-corrected chi connectivity index (χ2v) is 10.8. The molecule has 1 heterocycles. The molecule has 1 aromatic carbocycles. The number of ether oxygens (including phenoxy) is 1. The van der Waals surface area contributed by atoms with Gasteiger partial charge in [-0.15, -0.1) is 0 Å². The van der Waals surface area contributed by atoms with Gasteiger partial charge in [0.05, 0.1) is 6.61 Å². The van der Waals surface area contributed by atoms with E-state index in [1.54, 1.807) is 0 Å². The number of benzene rings is 1. The molecule has 6 heteroatoms. The first kappa shape index (κ1) is 18.6. The molecule has 130 valence electrons. The highest BCUT2D eigenvalue weighted by Crippen LogP contribution is 2.23. The fourth-order valence-corrected chi connectivity index (χ4v) is 4.60. The highest BCUT2D eigenvalue weighted by atomic mass is 33.1. The van der Waals surface area contributed by atoms with Gasteiger partial charge in [0.2, 0.25) is 0 Å². The lowest BCUT2D eigenvalue weighted by Crippen LogP contribution is -2.26. The van der Waals surface area contributed by atoms with Crippen molar-refractivity contribution in [1.82, 2.24) is 4.90 Å². The van der Waals surface area contributed by atoms with Crippen molar-refractivity contribution >= 4 is 19.7 Å². The van der Waals surface area contributed by atoms with Crippen LogP contribution in [-0.2, 0) is 21.8 Å². The Hall–Kier alpha value is -0.720. The first-order chi connectivity index (χ1) is 10.9. The van der Waals surface area contributed by atoms with Crippen LogP contribution in [0.5, 0.6) is 5.75 Å². The third kappa shape index (κ3) is 7.14. The van der Waals surface area contributed by atoms with Crippen LogP contribution in [0.15, 0.2) is 18.2 Å². The molecular weight excluding hydrogens is 330 g/mol. The van der Waals surface area contributed by atoms with E-state index in [4.69, 9.17) is 4.74 Å². The van der Waals surface area contributed by atoms with Crippen LogP contribution in [0.3, 0.4) is 0 Å². The molecule has 0 radical (unpaired) electrons. The molecule has 0 aliphatic carbocycles. The molecule has 0 N–H and O–H groups in total. The van der Waals surface area contributed by atoms with Gasteiger partial charge in [0.25, 0.3) is 0 Å². The van der Waals surface area contributed by atoms with Gasteiger partial charge in [-0.05, 0) is 60.4 Å². The van der Waals surface area contributed by atoms with E-state index in [0.717, 1.165) is 68.3 Å². The maximum atomic E-state index is 11.0. The molecule has 4 nitrogen and oxygen atoms in total. The number of nitrogens with zero attached hydrogens (tertiary/aromatic N) is 1. The van der Waals surface area contributed by atoms with Crippen LogP contribution in [-0.4, -0.2) is 45.5 Å². The van der Waals surface area contributed by atoms with Gasteiger partial charge in [0.15, 0.2) is 8.87 Å². The van der Waals surface area contributed by atoms with Gasteiger partial charge in [-0.2, -0.15) is 0 Å². The number of hydrogen-bond donors (Lipinski definition) is 0. The second kappa shape index (κ2) is 8.94. The van der Waals surface area contributed by atoms with Crippen LogP contribution >= 0.6 is 10.8 Å². The fraction of sp³-hybridized carbons (Fsp3) is 0.647. The quantitative estimate of drug-likeness (QED) is 0.501. The van der Waals surface area contributed by atoms with Crippen molar-refractivity contribution in [3.05, 3.63) is 29.3 Å². The third-order valence-corrected chi connectivity index (χ3v) is 6.65. The van der Waals surface area contributed by atoms with Gasteiger partial charge in [0, 0.05) is 25.1 Å². The van der Waals surface area contributed by atoms with Gasteiger partial charge in [0.1, 0.15) is 5.75 Å². The van der Waals surface area contributed by atoms with Gasteiger partial charge in [-0.1, -0.05) is 18.9 Å². The summed E-state index contributed by atoms with van der Waals surface area (Å²) >= 11 is 0. The van der Waals surface area contributed by atoms with Crippen molar-refractivity contribution in [2.75, 3.05) is 32.2 Å². The molecular formula is C17H27NO3S2.